The van der Waals surface area contributed by atoms with Crippen molar-refractivity contribution in [2.45, 2.75) is 316 Å². The third-order valence-corrected chi connectivity index (χ3v) is 13.4. The number of rotatable bonds is 56. The zero-order valence-electron chi connectivity index (χ0n) is 47.7. The van der Waals surface area contributed by atoms with Crippen molar-refractivity contribution in [1.82, 2.24) is 0 Å². The van der Waals surface area contributed by atoms with Crippen LogP contribution in [-0.2, 0) is 28.6 Å². The molecule has 0 aromatic rings. The number of hydrogen-bond acceptors (Lipinski definition) is 6. The molecule has 0 bridgehead atoms. The van der Waals surface area contributed by atoms with Gasteiger partial charge in [-0.1, -0.05) is 267 Å². The highest BCUT2D eigenvalue weighted by Gasteiger charge is 2.19. The lowest BCUT2D eigenvalue weighted by Gasteiger charge is -2.18. The fraction of sp³-hybridized carbons (Fsp3) is 0.773. The van der Waals surface area contributed by atoms with Crippen LogP contribution in [0, 0.1) is 0 Å². The number of hydrogen-bond donors (Lipinski definition) is 0. The van der Waals surface area contributed by atoms with Crippen LogP contribution in [0.3, 0.4) is 0 Å². The number of unbranched alkanes of at least 4 members (excludes halogenated alkanes) is 33. The van der Waals surface area contributed by atoms with Gasteiger partial charge in [-0.15, -0.1) is 0 Å². The summed E-state index contributed by atoms with van der Waals surface area (Å²) in [6, 6.07) is 0. The van der Waals surface area contributed by atoms with E-state index in [1.165, 1.54) is 173 Å². The van der Waals surface area contributed by atoms with Gasteiger partial charge in [0.1, 0.15) is 13.2 Å². The minimum atomic E-state index is -0.781. The summed E-state index contributed by atoms with van der Waals surface area (Å²) in [7, 11) is 0. The van der Waals surface area contributed by atoms with E-state index in [4.69, 9.17) is 14.2 Å². The van der Waals surface area contributed by atoms with Crippen molar-refractivity contribution in [3.05, 3.63) is 72.9 Å². The average Bonchev–Trinajstić information content (AvgIpc) is 3.38. The first-order chi connectivity index (χ1) is 35.5. The van der Waals surface area contributed by atoms with Crippen molar-refractivity contribution in [3.8, 4) is 0 Å². The summed E-state index contributed by atoms with van der Waals surface area (Å²) in [6.45, 7) is 6.60. The van der Waals surface area contributed by atoms with Crippen molar-refractivity contribution in [2.75, 3.05) is 13.2 Å². The Morgan fingerprint density at radius 1 is 0.278 bits per heavy atom. The molecule has 0 amide bonds. The van der Waals surface area contributed by atoms with Gasteiger partial charge in [0.15, 0.2) is 6.10 Å². The fourth-order valence-electron chi connectivity index (χ4n) is 8.75. The molecule has 1 atom stereocenters. The Morgan fingerprint density at radius 3 is 0.778 bits per heavy atom. The van der Waals surface area contributed by atoms with Crippen LogP contribution in [0.5, 0.6) is 0 Å². The van der Waals surface area contributed by atoms with Crippen LogP contribution in [-0.4, -0.2) is 37.2 Å². The molecule has 0 aliphatic rings. The molecule has 0 rings (SSSR count). The van der Waals surface area contributed by atoms with E-state index in [0.717, 1.165) is 96.3 Å². The minimum absolute atomic E-state index is 0.0794. The molecule has 0 N–H and O–H groups in total. The third kappa shape index (κ3) is 57.7. The molecular formula is C66H116O6. The van der Waals surface area contributed by atoms with Crippen LogP contribution in [0.1, 0.15) is 310 Å². The Balaban J connectivity index is 4.24. The Morgan fingerprint density at radius 2 is 0.500 bits per heavy atom. The Bertz CT molecular complexity index is 1340. The van der Waals surface area contributed by atoms with Crippen LogP contribution in [0.2, 0.25) is 0 Å². The van der Waals surface area contributed by atoms with Crippen LogP contribution in [0.4, 0.5) is 0 Å². The van der Waals surface area contributed by atoms with E-state index in [9.17, 15) is 14.4 Å². The smallest absolute Gasteiger partial charge is 0.306 e. The van der Waals surface area contributed by atoms with Gasteiger partial charge in [-0.3, -0.25) is 14.4 Å². The van der Waals surface area contributed by atoms with E-state index < -0.39 is 6.10 Å². The standard InChI is InChI=1S/C66H116O6/c1-4-7-10-13-16-19-21-23-25-27-29-31-33-35-37-39-41-43-45-47-50-53-56-59-65(68)71-62-63(61-70-64(67)58-55-52-49-18-15-12-9-6-3)72-66(69)60-57-54-51-48-46-44-42-40-38-36-34-32-30-28-26-24-22-20-17-14-11-8-5-2/h21-24,27-30,33-36,63H,4-20,25-26,31-32,37-62H2,1-3H3/b23-21-,24-22-,29-27-,30-28-,35-33-,36-34-. The fourth-order valence-corrected chi connectivity index (χ4v) is 8.75. The predicted molar refractivity (Wildman–Crippen MR) is 311 cm³/mol. The first kappa shape index (κ1) is 68.8. The lowest BCUT2D eigenvalue weighted by molar-refractivity contribution is -0.167. The highest BCUT2D eigenvalue weighted by molar-refractivity contribution is 5.71. The van der Waals surface area contributed by atoms with Gasteiger partial charge >= 0.3 is 17.9 Å². The highest BCUT2D eigenvalue weighted by Crippen LogP contribution is 2.15. The average molecular weight is 1010 g/mol. The minimum Gasteiger partial charge on any atom is -0.462 e. The Labute approximate surface area is 446 Å². The van der Waals surface area contributed by atoms with E-state index in [2.05, 4.69) is 93.7 Å². The molecule has 6 nitrogen and oxygen atoms in total. The predicted octanol–water partition coefficient (Wildman–Crippen LogP) is 20.9. The molecule has 0 fully saturated rings. The lowest BCUT2D eigenvalue weighted by atomic mass is 10.1. The largest absolute Gasteiger partial charge is 0.462 e. The number of ether oxygens (including phenoxy) is 3. The number of esters is 3. The van der Waals surface area contributed by atoms with Crippen LogP contribution in [0.15, 0.2) is 72.9 Å². The van der Waals surface area contributed by atoms with Gasteiger partial charge in [-0.25, -0.2) is 0 Å². The molecule has 72 heavy (non-hydrogen) atoms. The summed E-state index contributed by atoms with van der Waals surface area (Å²) in [4.78, 5) is 38.1. The molecule has 0 aliphatic heterocycles. The molecule has 6 heteroatoms. The van der Waals surface area contributed by atoms with Crippen LogP contribution < -0.4 is 0 Å². The first-order valence-electron chi connectivity index (χ1n) is 30.9. The van der Waals surface area contributed by atoms with Gasteiger partial charge in [0.25, 0.3) is 0 Å². The summed E-state index contributed by atoms with van der Waals surface area (Å²) < 4.78 is 16.8. The second-order valence-electron chi connectivity index (χ2n) is 20.6. The SMILES string of the molecule is CCCCCCC/C=C\C/C=C\C/C=C\CCCCCCCCCCC(=O)OCC(COC(=O)CCCCCCCCCC)OC(=O)CCCCCCCCCC/C=C\C/C=C\C/C=C\CCCCCCC. The van der Waals surface area contributed by atoms with Gasteiger partial charge in [0.2, 0.25) is 0 Å². The van der Waals surface area contributed by atoms with Crippen LogP contribution >= 0.6 is 0 Å². The molecule has 0 saturated heterocycles. The quantitative estimate of drug-likeness (QED) is 0.0261. The molecule has 1 unspecified atom stereocenters. The maximum Gasteiger partial charge on any atom is 0.306 e. The zero-order valence-corrected chi connectivity index (χ0v) is 47.7. The first-order valence-corrected chi connectivity index (χ1v) is 30.9. The van der Waals surface area contributed by atoms with Gasteiger partial charge < -0.3 is 14.2 Å². The molecule has 0 spiro atoms. The number of allylic oxidation sites excluding steroid dienone is 12. The second kappa shape index (κ2) is 60.4. The molecule has 0 heterocycles. The van der Waals surface area contributed by atoms with Crippen molar-refractivity contribution in [3.63, 3.8) is 0 Å². The van der Waals surface area contributed by atoms with Crippen LogP contribution in [0.25, 0.3) is 0 Å². The number of carbonyl (C=O) groups excluding carboxylic acids is 3. The summed E-state index contributed by atoms with van der Waals surface area (Å²) in [6.07, 6.45) is 77.7. The van der Waals surface area contributed by atoms with E-state index in [1.54, 1.807) is 0 Å². The summed E-state index contributed by atoms with van der Waals surface area (Å²) >= 11 is 0. The summed E-state index contributed by atoms with van der Waals surface area (Å²) in [5.74, 6) is -0.888. The monoisotopic (exact) mass is 1000 g/mol. The van der Waals surface area contributed by atoms with Crippen molar-refractivity contribution in [1.29, 1.82) is 0 Å². The molecule has 0 aromatic heterocycles. The molecular weight excluding hydrogens is 889 g/mol. The third-order valence-electron chi connectivity index (χ3n) is 13.4. The van der Waals surface area contributed by atoms with E-state index >= 15 is 0 Å². The summed E-state index contributed by atoms with van der Waals surface area (Å²) in [5.41, 5.74) is 0. The highest BCUT2D eigenvalue weighted by atomic mass is 16.6. The molecule has 0 saturated carbocycles. The molecule has 0 aromatic carbocycles. The van der Waals surface area contributed by atoms with Gasteiger partial charge in [-0.2, -0.15) is 0 Å². The van der Waals surface area contributed by atoms with Crippen molar-refractivity contribution >= 4 is 17.9 Å². The Hall–Kier alpha value is -3.15. The van der Waals surface area contributed by atoms with Gasteiger partial charge in [0, 0.05) is 19.3 Å². The van der Waals surface area contributed by atoms with Crippen molar-refractivity contribution in [2.24, 2.45) is 0 Å². The van der Waals surface area contributed by atoms with E-state index in [1.807, 2.05) is 0 Å². The Kier molecular flexibility index (Phi) is 57.8. The number of carbonyl (C=O) groups is 3. The van der Waals surface area contributed by atoms with E-state index in [-0.39, 0.29) is 31.1 Å². The van der Waals surface area contributed by atoms with E-state index in [0.29, 0.717) is 19.3 Å². The topological polar surface area (TPSA) is 78.9 Å². The lowest BCUT2D eigenvalue weighted by Crippen LogP contribution is -2.30. The second-order valence-corrected chi connectivity index (χ2v) is 20.6. The molecule has 0 radical (unpaired) electrons. The normalized spacial score (nSPS) is 12.5. The van der Waals surface area contributed by atoms with Gasteiger partial charge in [-0.05, 0) is 96.3 Å². The van der Waals surface area contributed by atoms with Crippen molar-refractivity contribution < 1.29 is 28.6 Å². The summed E-state index contributed by atoms with van der Waals surface area (Å²) in [5, 5.41) is 0. The maximum atomic E-state index is 12.9. The maximum absolute atomic E-state index is 12.9. The zero-order chi connectivity index (χ0) is 52.2. The molecule has 416 valence electrons. The van der Waals surface area contributed by atoms with Gasteiger partial charge in [0.05, 0.1) is 0 Å². The molecule has 0 aliphatic carbocycles.